The van der Waals surface area contributed by atoms with Crippen molar-refractivity contribution in [1.29, 1.82) is 0 Å². The molecular weight excluding hydrogens is 572 g/mol. The van der Waals surface area contributed by atoms with E-state index in [1.807, 2.05) is 33.3 Å². The molecule has 3 aromatic heterocycles. The number of benzene rings is 2. The van der Waals surface area contributed by atoms with E-state index in [9.17, 15) is 4.79 Å². The number of H-pyrrole nitrogens is 1. The summed E-state index contributed by atoms with van der Waals surface area (Å²) in [6.45, 7) is 5.60. The highest BCUT2D eigenvalue weighted by molar-refractivity contribution is 5.80. The third-order valence-corrected chi connectivity index (χ3v) is 9.34. The normalized spacial score (nSPS) is 26.6. The van der Waals surface area contributed by atoms with Crippen LogP contribution in [0.5, 0.6) is 0 Å². The van der Waals surface area contributed by atoms with Crippen molar-refractivity contribution in [2.75, 3.05) is 0 Å². The zero-order valence-electron chi connectivity index (χ0n) is 25.7. The zero-order chi connectivity index (χ0) is 31.4. The van der Waals surface area contributed by atoms with E-state index in [-0.39, 0.29) is 11.6 Å². The van der Waals surface area contributed by atoms with Crippen LogP contribution in [0, 0.1) is 0 Å². The Balaban J connectivity index is 1.21. The van der Waals surface area contributed by atoms with Gasteiger partial charge in [-0.3, -0.25) is 9.36 Å². The predicted octanol–water partition coefficient (Wildman–Crippen LogP) is 3.49. The van der Waals surface area contributed by atoms with E-state index < -0.39 is 17.2 Å². The number of hydrogen-bond acceptors (Lipinski definition) is 10. The number of aryl methyl sites for hydroxylation is 1. The molecule has 5 N–H and O–H groups in total. The van der Waals surface area contributed by atoms with E-state index in [1.54, 1.807) is 13.8 Å². The molecule has 2 fully saturated rings. The van der Waals surface area contributed by atoms with Gasteiger partial charge in [-0.2, -0.15) is 15.3 Å². The Bertz CT molecular complexity index is 1870. The van der Waals surface area contributed by atoms with Crippen molar-refractivity contribution in [3.8, 4) is 22.5 Å². The predicted molar refractivity (Wildman–Crippen MR) is 167 cm³/mol. The average molecular weight is 611 g/mol. The van der Waals surface area contributed by atoms with E-state index in [0.29, 0.717) is 50.1 Å². The molecule has 4 heterocycles. The minimum atomic E-state index is -1.11. The molecule has 2 unspecified atom stereocenters. The van der Waals surface area contributed by atoms with Gasteiger partial charge in [0, 0.05) is 36.4 Å². The van der Waals surface area contributed by atoms with Crippen LogP contribution in [0.15, 0.2) is 59.7 Å². The van der Waals surface area contributed by atoms with E-state index in [1.165, 1.54) is 6.33 Å². The summed E-state index contributed by atoms with van der Waals surface area (Å²) in [4.78, 5) is 19.0. The average Bonchev–Trinajstić information content (AvgIpc) is 3.76. The zero-order valence-corrected chi connectivity index (χ0v) is 25.7. The van der Waals surface area contributed by atoms with E-state index in [0.717, 1.165) is 39.9 Å². The maximum absolute atomic E-state index is 14.4. The van der Waals surface area contributed by atoms with Gasteiger partial charge in [0.05, 0.1) is 5.69 Å². The van der Waals surface area contributed by atoms with Gasteiger partial charge in [-0.15, -0.1) is 10.2 Å². The van der Waals surface area contributed by atoms with E-state index >= 15 is 0 Å². The van der Waals surface area contributed by atoms with Crippen molar-refractivity contribution >= 4 is 5.78 Å². The summed E-state index contributed by atoms with van der Waals surface area (Å²) in [6.07, 6.45) is 5.99. The molecule has 234 valence electrons. The van der Waals surface area contributed by atoms with Gasteiger partial charge in [0.25, 0.3) is 5.56 Å². The van der Waals surface area contributed by atoms with E-state index in [2.05, 4.69) is 61.9 Å². The van der Waals surface area contributed by atoms with Gasteiger partial charge in [-0.25, -0.2) is 4.52 Å². The number of fused-ring (bicyclic) bond motifs is 1. The molecule has 1 aliphatic heterocycles. The van der Waals surface area contributed by atoms with Crippen LogP contribution in [0.4, 0.5) is 0 Å². The second-order valence-corrected chi connectivity index (χ2v) is 12.5. The molecule has 45 heavy (non-hydrogen) atoms. The minimum absolute atomic E-state index is 0.0352. The first kappa shape index (κ1) is 29.4. The molecule has 0 amide bonds. The number of rotatable bonds is 7. The fraction of sp³-hybridized carbons (Fsp3) is 0.438. The first-order chi connectivity index (χ1) is 21.6. The minimum Gasteiger partial charge on any atom is -0.325 e. The number of aromatic nitrogens is 8. The third kappa shape index (κ3) is 5.05. The molecule has 7 rings (SSSR count). The summed E-state index contributed by atoms with van der Waals surface area (Å²) in [7, 11) is 0. The first-order valence-corrected chi connectivity index (χ1v) is 15.5. The van der Waals surface area contributed by atoms with Gasteiger partial charge in [0.2, 0.25) is 11.6 Å². The van der Waals surface area contributed by atoms with Crippen molar-refractivity contribution in [3.63, 3.8) is 0 Å². The van der Waals surface area contributed by atoms with Crippen molar-refractivity contribution in [2.24, 2.45) is 11.5 Å². The molecule has 1 saturated carbocycles. The van der Waals surface area contributed by atoms with Gasteiger partial charge in [0.1, 0.15) is 6.33 Å². The van der Waals surface area contributed by atoms with Crippen molar-refractivity contribution in [3.05, 3.63) is 82.0 Å². The Hall–Kier alpha value is -4.30. The van der Waals surface area contributed by atoms with Gasteiger partial charge in [-0.05, 0) is 55.0 Å². The fourth-order valence-electron chi connectivity index (χ4n) is 6.79. The Morgan fingerprint density at radius 3 is 2.33 bits per heavy atom. The van der Waals surface area contributed by atoms with Crippen LogP contribution >= 0.6 is 0 Å². The molecule has 1 saturated heterocycles. The number of nitrogens with two attached hydrogens (primary N) is 2. The maximum Gasteiger partial charge on any atom is 0.259 e. The molecule has 2 aromatic carbocycles. The summed E-state index contributed by atoms with van der Waals surface area (Å²) in [5.41, 5.74) is 16.0. The lowest BCUT2D eigenvalue weighted by Crippen LogP contribution is -2.60. The standard InChI is InChI=1S/C32H38N10O3/c1-4-7-26-25(18-20-10-12-21(13-11-20)23-8-5-6-9-24(23)27-37-39-40-38-27)28(43)41(29-35-19-36-42(26)29)22-14-16-32(17-15-22)44-30(2,33)31(3,34)45-32/h5-6,8-13,19,22H,4,7,14-18,33-34H2,1-3H3,(H,37,38,39,40). The molecule has 2 atom stereocenters. The number of hydrogen-bond donors (Lipinski definition) is 3. The van der Waals surface area contributed by atoms with Crippen LogP contribution in [0.3, 0.4) is 0 Å². The lowest BCUT2D eigenvalue weighted by Gasteiger charge is -2.37. The van der Waals surface area contributed by atoms with Gasteiger partial charge < -0.3 is 20.9 Å². The van der Waals surface area contributed by atoms with Crippen LogP contribution in [0.1, 0.15) is 75.7 Å². The number of aromatic amines is 1. The number of nitrogens with one attached hydrogen (secondary N) is 1. The highest BCUT2D eigenvalue weighted by Crippen LogP contribution is 2.48. The number of nitrogens with zero attached hydrogens (tertiary/aromatic N) is 7. The molecular formula is C32H38N10O3. The van der Waals surface area contributed by atoms with Crippen molar-refractivity contribution < 1.29 is 9.47 Å². The largest absolute Gasteiger partial charge is 0.325 e. The smallest absolute Gasteiger partial charge is 0.259 e. The highest BCUT2D eigenvalue weighted by atomic mass is 16.8. The summed E-state index contributed by atoms with van der Waals surface area (Å²) in [5.74, 6) is 0.225. The quantitative estimate of drug-likeness (QED) is 0.247. The lowest BCUT2D eigenvalue weighted by molar-refractivity contribution is -0.214. The molecule has 0 bridgehead atoms. The van der Waals surface area contributed by atoms with Crippen LogP contribution in [-0.4, -0.2) is 57.0 Å². The second kappa shape index (κ2) is 10.9. The first-order valence-electron chi connectivity index (χ1n) is 15.5. The Morgan fingerprint density at radius 1 is 1.00 bits per heavy atom. The topological polar surface area (TPSA) is 177 Å². The molecule has 13 nitrogen and oxygen atoms in total. The van der Waals surface area contributed by atoms with Crippen LogP contribution < -0.4 is 17.0 Å². The Labute approximate surface area is 259 Å². The summed E-state index contributed by atoms with van der Waals surface area (Å²) in [6, 6.07) is 16.1. The Kier molecular flexibility index (Phi) is 7.15. The summed E-state index contributed by atoms with van der Waals surface area (Å²) < 4.78 is 16.1. The highest BCUT2D eigenvalue weighted by Gasteiger charge is 2.59. The molecule has 2 aliphatic rings. The number of tetrazole rings is 1. The second-order valence-electron chi connectivity index (χ2n) is 12.5. The van der Waals surface area contributed by atoms with Crippen molar-refractivity contribution in [2.45, 2.75) is 89.0 Å². The van der Waals surface area contributed by atoms with Gasteiger partial charge in [0.15, 0.2) is 17.2 Å². The molecule has 0 radical (unpaired) electrons. The summed E-state index contributed by atoms with van der Waals surface area (Å²) in [5, 5.41) is 19.1. The third-order valence-electron chi connectivity index (χ3n) is 9.34. The SMILES string of the molecule is CCCc1c(Cc2ccc(-c3ccccc3-c3nn[nH]n3)cc2)c(=O)n(C2CCC3(CC2)OC(C)(N)C(C)(N)O3)c2ncnn12. The van der Waals surface area contributed by atoms with Gasteiger partial charge in [-0.1, -0.05) is 61.9 Å². The fourth-order valence-corrected chi connectivity index (χ4v) is 6.79. The van der Waals surface area contributed by atoms with Crippen LogP contribution in [0.25, 0.3) is 28.3 Å². The molecule has 5 aromatic rings. The van der Waals surface area contributed by atoms with Crippen molar-refractivity contribution in [1.82, 2.24) is 39.8 Å². The monoisotopic (exact) mass is 610 g/mol. The Morgan fingerprint density at radius 2 is 1.69 bits per heavy atom. The maximum atomic E-state index is 14.4. The van der Waals surface area contributed by atoms with Gasteiger partial charge >= 0.3 is 0 Å². The molecule has 1 aliphatic carbocycles. The summed E-state index contributed by atoms with van der Waals surface area (Å²) >= 11 is 0. The lowest BCUT2D eigenvalue weighted by atomic mass is 9.89. The van der Waals surface area contributed by atoms with E-state index in [4.69, 9.17) is 20.9 Å². The number of ether oxygens (including phenoxy) is 2. The molecule has 1 spiro atoms. The van der Waals surface area contributed by atoms with Crippen LogP contribution in [0.2, 0.25) is 0 Å². The van der Waals surface area contributed by atoms with Crippen LogP contribution in [-0.2, 0) is 22.3 Å². The molecule has 13 heteroatoms.